The first-order chi connectivity index (χ1) is 10.1. The minimum atomic E-state index is -0.462. The lowest BCUT2D eigenvalue weighted by Crippen LogP contribution is -1.94. The van der Waals surface area contributed by atoms with E-state index in [1.54, 1.807) is 43.5 Å². The summed E-state index contributed by atoms with van der Waals surface area (Å²) < 4.78 is 23.4. The van der Waals surface area contributed by atoms with Crippen molar-refractivity contribution in [1.29, 1.82) is 0 Å². The topological polar surface area (TPSA) is 35.5 Å². The number of allylic oxidation sites excluding steroid dienone is 1. The molecular weight excluding hydrogens is 271 g/mol. The van der Waals surface area contributed by atoms with Gasteiger partial charge in [-0.2, -0.15) is 0 Å². The summed E-state index contributed by atoms with van der Waals surface area (Å²) in [4.78, 5) is 12.0. The van der Waals surface area contributed by atoms with Crippen LogP contribution < -0.4 is 9.47 Å². The van der Waals surface area contributed by atoms with E-state index in [9.17, 15) is 9.18 Å². The molecule has 0 amide bonds. The minimum absolute atomic E-state index is 0.158. The maximum absolute atomic E-state index is 13.5. The predicted octanol–water partition coefficient (Wildman–Crippen LogP) is 3.74. The van der Waals surface area contributed by atoms with Crippen molar-refractivity contribution in [3.8, 4) is 11.5 Å². The zero-order valence-corrected chi connectivity index (χ0v) is 11.8. The van der Waals surface area contributed by atoms with E-state index in [1.807, 2.05) is 0 Å². The van der Waals surface area contributed by atoms with Crippen molar-refractivity contribution in [1.82, 2.24) is 0 Å². The summed E-state index contributed by atoms with van der Waals surface area (Å²) in [5, 5.41) is 0. The molecule has 0 bridgehead atoms. The summed E-state index contributed by atoms with van der Waals surface area (Å²) in [6.45, 7) is 0. The third-order valence-electron chi connectivity index (χ3n) is 2.98. The maximum Gasteiger partial charge on any atom is 0.185 e. The van der Waals surface area contributed by atoms with Gasteiger partial charge in [-0.05, 0) is 48.0 Å². The van der Waals surface area contributed by atoms with Crippen molar-refractivity contribution in [2.75, 3.05) is 14.2 Å². The van der Waals surface area contributed by atoms with E-state index in [1.165, 1.54) is 25.3 Å². The van der Waals surface area contributed by atoms with Gasteiger partial charge in [-0.25, -0.2) is 4.39 Å². The van der Waals surface area contributed by atoms with E-state index in [0.717, 1.165) is 0 Å². The second-order valence-electron chi connectivity index (χ2n) is 4.32. The second-order valence-corrected chi connectivity index (χ2v) is 4.32. The van der Waals surface area contributed by atoms with Crippen molar-refractivity contribution in [2.24, 2.45) is 0 Å². The van der Waals surface area contributed by atoms with Gasteiger partial charge in [-0.1, -0.05) is 12.1 Å². The van der Waals surface area contributed by atoms with Gasteiger partial charge in [-0.15, -0.1) is 0 Å². The molecule has 3 nitrogen and oxygen atoms in total. The molecule has 21 heavy (non-hydrogen) atoms. The first-order valence-electron chi connectivity index (χ1n) is 6.34. The van der Waals surface area contributed by atoms with Gasteiger partial charge in [0.2, 0.25) is 0 Å². The molecule has 2 aromatic carbocycles. The maximum atomic E-state index is 13.5. The molecule has 0 saturated carbocycles. The van der Waals surface area contributed by atoms with Gasteiger partial charge >= 0.3 is 0 Å². The standard InChI is InChI=1S/C17H15FO3/c1-20-14-7-5-13(6-8-14)16(19)9-3-12-4-10-17(21-2)15(18)11-12/h3-11H,1-2H3. The van der Waals surface area contributed by atoms with Gasteiger partial charge in [0.15, 0.2) is 17.3 Å². The Kier molecular flexibility index (Phi) is 4.72. The highest BCUT2D eigenvalue weighted by atomic mass is 19.1. The molecule has 2 aromatic rings. The van der Waals surface area contributed by atoms with Crippen LogP contribution in [-0.4, -0.2) is 20.0 Å². The number of ether oxygens (including phenoxy) is 2. The zero-order chi connectivity index (χ0) is 15.2. The molecule has 0 atom stereocenters. The lowest BCUT2D eigenvalue weighted by molar-refractivity contribution is 0.104. The number of hydrogen-bond donors (Lipinski definition) is 0. The van der Waals surface area contributed by atoms with Gasteiger partial charge in [0.1, 0.15) is 5.75 Å². The van der Waals surface area contributed by atoms with Gasteiger partial charge in [0, 0.05) is 5.56 Å². The number of hydrogen-bond acceptors (Lipinski definition) is 3. The van der Waals surface area contributed by atoms with Gasteiger partial charge in [0.25, 0.3) is 0 Å². The molecule has 0 aliphatic heterocycles. The van der Waals surface area contributed by atoms with E-state index < -0.39 is 5.82 Å². The molecule has 0 spiro atoms. The Balaban J connectivity index is 2.12. The van der Waals surface area contributed by atoms with Crippen LogP contribution in [0.25, 0.3) is 6.08 Å². The highest BCUT2D eigenvalue weighted by Crippen LogP contribution is 2.19. The molecule has 0 heterocycles. The molecule has 108 valence electrons. The lowest BCUT2D eigenvalue weighted by Gasteiger charge is -2.02. The van der Waals surface area contributed by atoms with Crippen LogP contribution in [0.2, 0.25) is 0 Å². The minimum Gasteiger partial charge on any atom is -0.497 e. The van der Waals surface area contributed by atoms with Gasteiger partial charge in [-0.3, -0.25) is 4.79 Å². The zero-order valence-electron chi connectivity index (χ0n) is 11.8. The molecule has 0 aliphatic carbocycles. The number of carbonyl (C=O) groups is 1. The summed E-state index contributed by atoms with van der Waals surface area (Å²) in [6, 6.07) is 11.3. The van der Waals surface area contributed by atoms with E-state index in [2.05, 4.69) is 0 Å². The third kappa shape index (κ3) is 3.69. The fourth-order valence-electron chi connectivity index (χ4n) is 1.81. The highest BCUT2D eigenvalue weighted by Gasteiger charge is 2.04. The second kappa shape index (κ2) is 6.70. The van der Waals surface area contributed by atoms with Gasteiger partial charge in [0.05, 0.1) is 14.2 Å². The molecule has 0 aliphatic rings. The van der Waals surface area contributed by atoms with Crippen molar-refractivity contribution in [3.63, 3.8) is 0 Å². The largest absolute Gasteiger partial charge is 0.497 e. The summed E-state index contributed by atoms with van der Waals surface area (Å²) in [6.07, 6.45) is 2.97. The van der Waals surface area contributed by atoms with Crippen LogP contribution in [0.4, 0.5) is 4.39 Å². The quantitative estimate of drug-likeness (QED) is 0.620. The summed E-state index contributed by atoms with van der Waals surface area (Å²) in [5.41, 5.74) is 1.14. The van der Waals surface area contributed by atoms with Crippen LogP contribution in [0, 0.1) is 5.82 Å². The Morgan fingerprint density at radius 3 is 2.33 bits per heavy atom. The Morgan fingerprint density at radius 2 is 1.76 bits per heavy atom. The first-order valence-corrected chi connectivity index (χ1v) is 6.34. The number of ketones is 1. The Bertz CT molecular complexity index is 660. The molecule has 0 unspecified atom stereocenters. The number of carbonyl (C=O) groups excluding carboxylic acids is 1. The molecule has 0 N–H and O–H groups in total. The molecule has 4 heteroatoms. The summed E-state index contributed by atoms with van der Waals surface area (Å²) in [5.74, 6) is 0.242. The fraction of sp³-hybridized carbons (Fsp3) is 0.118. The monoisotopic (exact) mass is 286 g/mol. The highest BCUT2D eigenvalue weighted by molar-refractivity contribution is 6.06. The van der Waals surface area contributed by atoms with Crippen LogP contribution in [0.15, 0.2) is 48.5 Å². The Hall–Kier alpha value is -2.62. The van der Waals surface area contributed by atoms with Crippen LogP contribution in [0.1, 0.15) is 15.9 Å². The smallest absolute Gasteiger partial charge is 0.185 e. The molecule has 2 rings (SSSR count). The van der Waals surface area contributed by atoms with Crippen LogP contribution >= 0.6 is 0 Å². The average Bonchev–Trinajstić information content (AvgIpc) is 2.52. The number of methoxy groups -OCH3 is 2. The van der Waals surface area contributed by atoms with Crippen molar-refractivity contribution < 1.29 is 18.7 Å². The van der Waals surface area contributed by atoms with Crippen molar-refractivity contribution in [2.45, 2.75) is 0 Å². The van der Waals surface area contributed by atoms with Crippen LogP contribution in [0.3, 0.4) is 0 Å². The van der Waals surface area contributed by atoms with Crippen LogP contribution in [-0.2, 0) is 0 Å². The predicted molar refractivity (Wildman–Crippen MR) is 79.3 cm³/mol. The van der Waals surface area contributed by atoms with E-state index in [4.69, 9.17) is 9.47 Å². The lowest BCUT2D eigenvalue weighted by atomic mass is 10.1. The fourth-order valence-corrected chi connectivity index (χ4v) is 1.81. The summed E-state index contributed by atoms with van der Waals surface area (Å²) >= 11 is 0. The number of halogens is 1. The molecule has 0 radical (unpaired) electrons. The van der Waals surface area contributed by atoms with Crippen molar-refractivity contribution in [3.05, 3.63) is 65.5 Å². The van der Waals surface area contributed by atoms with E-state index >= 15 is 0 Å². The Morgan fingerprint density at radius 1 is 1.05 bits per heavy atom. The average molecular weight is 286 g/mol. The van der Waals surface area contributed by atoms with Crippen LogP contribution in [0.5, 0.6) is 11.5 Å². The van der Waals surface area contributed by atoms with E-state index in [-0.39, 0.29) is 11.5 Å². The summed E-state index contributed by atoms with van der Waals surface area (Å²) in [7, 11) is 2.97. The van der Waals surface area contributed by atoms with Gasteiger partial charge < -0.3 is 9.47 Å². The SMILES string of the molecule is COc1ccc(C(=O)C=Cc2ccc(OC)c(F)c2)cc1. The number of benzene rings is 2. The molecule has 0 saturated heterocycles. The molecule has 0 aromatic heterocycles. The van der Waals surface area contributed by atoms with Crippen molar-refractivity contribution >= 4 is 11.9 Å². The Labute approximate surface area is 122 Å². The molecular formula is C17H15FO3. The molecule has 0 fully saturated rings. The third-order valence-corrected chi connectivity index (χ3v) is 2.98. The normalized spacial score (nSPS) is 10.6. The number of rotatable bonds is 5. The first kappa shape index (κ1) is 14.8. The van der Waals surface area contributed by atoms with E-state index in [0.29, 0.717) is 16.9 Å².